The Morgan fingerprint density at radius 3 is 2.35 bits per heavy atom. The molecule has 1 fully saturated rings. The summed E-state index contributed by atoms with van der Waals surface area (Å²) in [5, 5.41) is 6.96. The van der Waals surface area contributed by atoms with Gasteiger partial charge in [-0.3, -0.25) is 4.99 Å². The summed E-state index contributed by atoms with van der Waals surface area (Å²) in [4.78, 5) is 4.39. The standard InChI is InChI=1S/C25H35N3O2.HI/c1-26-24(28-20-25(12-7-13-25)14-15-29-2)27-17-22-10-6-11-23(16-22)19-30-18-21-8-4-3-5-9-21;/h3-6,8-11,16H,7,12-15,17-20H2,1-2H3,(H2,26,27,28);1H. The maximum atomic E-state index is 5.87. The molecule has 1 aliphatic carbocycles. The van der Waals surface area contributed by atoms with Crippen molar-refractivity contribution >= 4 is 29.9 Å². The number of halogens is 1. The van der Waals surface area contributed by atoms with E-state index in [1.165, 1.54) is 36.0 Å². The molecule has 1 aliphatic rings. The van der Waals surface area contributed by atoms with Crippen LogP contribution in [0.2, 0.25) is 0 Å². The number of benzene rings is 2. The van der Waals surface area contributed by atoms with Gasteiger partial charge in [-0.25, -0.2) is 0 Å². The van der Waals surface area contributed by atoms with Gasteiger partial charge in [-0.05, 0) is 41.4 Å². The van der Waals surface area contributed by atoms with Gasteiger partial charge in [0.2, 0.25) is 0 Å². The van der Waals surface area contributed by atoms with E-state index < -0.39 is 0 Å². The molecule has 3 rings (SSSR count). The van der Waals surface area contributed by atoms with E-state index in [0.717, 1.165) is 32.1 Å². The largest absolute Gasteiger partial charge is 0.385 e. The van der Waals surface area contributed by atoms with Crippen LogP contribution in [0.4, 0.5) is 0 Å². The number of nitrogens with zero attached hydrogens (tertiary/aromatic N) is 1. The minimum atomic E-state index is 0. The van der Waals surface area contributed by atoms with Crippen LogP contribution in [0, 0.1) is 5.41 Å². The molecular formula is C25H36IN3O2. The molecule has 0 unspecified atom stereocenters. The molecule has 0 aromatic heterocycles. The van der Waals surface area contributed by atoms with Gasteiger partial charge in [-0.1, -0.05) is 61.0 Å². The van der Waals surface area contributed by atoms with Crippen molar-refractivity contribution in [1.82, 2.24) is 10.6 Å². The Kier molecular flexibility index (Phi) is 11.3. The molecule has 0 spiro atoms. The van der Waals surface area contributed by atoms with Gasteiger partial charge in [-0.2, -0.15) is 0 Å². The highest BCUT2D eigenvalue weighted by molar-refractivity contribution is 14.0. The Morgan fingerprint density at radius 2 is 1.68 bits per heavy atom. The first kappa shape index (κ1) is 25.6. The molecule has 0 radical (unpaired) electrons. The van der Waals surface area contributed by atoms with E-state index in [4.69, 9.17) is 9.47 Å². The summed E-state index contributed by atoms with van der Waals surface area (Å²) < 4.78 is 11.2. The van der Waals surface area contributed by atoms with Gasteiger partial charge in [-0.15, -0.1) is 24.0 Å². The van der Waals surface area contributed by atoms with E-state index in [2.05, 4.69) is 52.0 Å². The lowest BCUT2D eigenvalue weighted by Gasteiger charge is -2.42. The normalized spacial score (nSPS) is 15.0. The van der Waals surface area contributed by atoms with Crippen molar-refractivity contribution in [3.8, 4) is 0 Å². The number of nitrogens with one attached hydrogen (secondary N) is 2. The average Bonchev–Trinajstić information content (AvgIpc) is 2.76. The summed E-state index contributed by atoms with van der Waals surface area (Å²) in [7, 11) is 3.60. The van der Waals surface area contributed by atoms with E-state index >= 15 is 0 Å². The second kappa shape index (κ2) is 13.7. The summed E-state index contributed by atoms with van der Waals surface area (Å²) in [5.41, 5.74) is 3.96. The van der Waals surface area contributed by atoms with Crippen molar-refractivity contribution < 1.29 is 9.47 Å². The van der Waals surface area contributed by atoms with E-state index in [1.807, 2.05) is 25.2 Å². The van der Waals surface area contributed by atoms with E-state index in [9.17, 15) is 0 Å². The van der Waals surface area contributed by atoms with Crippen LogP contribution in [-0.4, -0.2) is 33.3 Å². The highest BCUT2D eigenvalue weighted by Crippen LogP contribution is 2.43. The highest BCUT2D eigenvalue weighted by atomic mass is 127. The number of hydrogen-bond donors (Lipinski definition) is 2. The lowest BCUT2D eigenvalue weighted by atomic mass is 9.67. The monoisotopic (exact) mass is 537 g/mol. The lowest BCUT2D eigenvalue weighted by Crippen LogP contribution is -2.46. The molecule has 170 valence electrons. The van der Waals surface area contributed by atoms with Crippen molar-refractivity contribution in [1.29, 1.82) is 0 Å². The third-order valence-corrected chi connectivity index (χ3v) is 5.94. The van der Waals surface area contributed by atoms with Crippen molar-refractivity contribution in [2.45, 2.75) is 45.4 Å². The quantitative estimate of drug-likeness (QED) is 0.244. The zero-order valence-electron chi connectivity index (χ0n) is 18.7. The van der Waals surface area contributed by atoms with Gasteiger partial charge in [0.15, 0.2) is 5.96 Å². The minimum Gasteiger partial charge on any atom is -0.385 e. The number of aliphatic imine (C=N–C) groups is 1. The molecule has 2 aromatic rings. The summed E-state index contributed by atoms with van der Waals surface area (Å²) in [6.45, 7) is 3.75. The van der Waals surface area contributed by atoms with E-state index in [1.54, 1.807) is 7.11 Å². The molecule has 0 saturated heterocycles. The summed E-state index contributed by atoms with van der Waals surface area (Å²) in [6.07, 6.45) is 4.96. The molecule has 2 N–H and O–H groups in total. The highest BCUT2D eigenvalue weighted by Gasteiger charge is 2.36. The molecule has 0 aliphatic heterocycles. The van der Waals surface area contributed by atoms with Gasteiger partial charge in [0, 0.05) is 33.9 Å². The smallest absolute Gasteiger partial charge is 0.191 e. The fraction of sp³-hybridized carbons (Fsp3) is 0.480. The second-order valence-electron chi connectivity index (χ2n) is 8.17. The molecule has 1 saturated carbocycles. The Labute approximate surface area is 204 Å². The Bertz CT molecular complexity index is 794. The van der Waals surface area contributed by atoms with Crippen molar-refractivity contribution in [2.24, 2.45) is 10.4 Å². The number of guanidine groups is 1. The number of rotatable bonds is 11. The maximum absolute atomic E-state index is 5.87. The maximum Gasteiger partial charge on any atom is 0.191 e. The van der Waals surface area contributed by atoms with E-state index in [-0.39, 0.29) is 24.0 Å². The molecular weight excluding hydrogens is 501 g/mol. The average molecular weight is 537 g/mol. The molecule has 5 nitrogen and oxygen atoms in total. The predicted molar refractivity (Wildman–Crippen MR) is 138 cm³/mol. The van der Waals surface area contributed by atoms with Crippen molar-refractivity contribution in [3.05, 3.63) is 71.3 Å². The Morgan fingerprint density at radius 1 is 0.968 bits per heavy atom. The van der Waals surface area contributed by atoms with Crippen LogP contribution in [0.1, 0.15) is 42.4 Å². The minimum absolute atomic E-state index is 0. The molecule has 0 atom stereocenters. The fourth-order valence-corrected chi connectivity index (χ4v) is 3.88. The van der Waals surface area contributed by atoms with Crippen molar-refractivity contribution in [2.75, 3.05) is 27.3 Å². The molecule has 2 aromatic carbocycles. The topological polar surface area (TPSA) is 54.9 Å². The first-order valence-corrected chi connectivity index (χ1v) is 10.9. The van der Waals surface area contributed by atoms with Crippen LogP contribution in [-0.2, 0) is 29.2 Å². The van der Waals surface area contributed by atoms with Gasteiger partial charge in [0.05, 0.1) is 13.2 Å². The number of hydrogen-bond acceptors (Lipinski definition) is 3. The lowest BCUT2D eigenvalue weighted by molar-refractivity contribution is 0.0732. The molecule has 31 heavy (non-hydrogen) atoms. The van der Waals surface area contributed by atoms with Crippen LogP contribution in [0.5, 0.6) is 0 Å². The molecule has 0 heterocycles. The fourth-order valence-electron chi connectivity index (χ4n) is 3.88. The van der Waals surface area contributed by atoms with Crippen LogP contribution >= 0.6 is 24.0 Å². The third kappa shape index (κ3) is 8.43. The van der Waals surface area contributed by atoms with Crippen LogP contribution in [0.3, 0.4) is 0 Å². The molecule has 6 heteroatoms. The van der Waals surface area contributed by atoms with Gasteiger partial charge in [0.25, 0.3) is 0 Å². The molecule has 0 amide bonds. The third-order valence-electron chi connectivity index (χ3n) is 5.94. The van der Waals surface area contributed by atoms with Crippen molar-refractivity contribution in [3.63, 3.8) is 0 Å². The van der Waals surface area contributed by atoms with Crippen LogP contribution in [0.15, 0.2) is 59.6 Å². The van der Waals surface area contributed by atoms with E-state index in [0.29, 0.717) is 18.6 Å². The van der Waals surface area contributed by atoms with Gasteiger partial charge in [0.1, 0.15) is 0 Å². The van der Waals surface area contributed by atoms with Gasteiger partial charge >= 0.3 is 0 Å². The summed E-state index contributed by atoms with van der Waals surface area (Å²) in [5.74, 6) is 0.851. The Hall–Kier alpha value is -1.64. The number of methoxy groups -OCH3 is 1. The zero-order chi connectivity index (χ0) is 21.1. The van der Waals surface area contributed by atoms with Crippen LogP contribution in [0.25, 0.3) is 0 Å². The first-order valence-electron chi connectivity index (χ1n) is 10.9. The summed E-state index contributed by atoms with van der Waals surface area (Å²) in [6, 6.07) is 18.8. The first-order chi connectivity index (χ1) is 14.7. The van der Waals surface area contributed by atoms with Gasteiger partial charge < -0.3 is 20.1 Å². The SMILES string of the molecule is CN=C(NCc1cccc(COCc2ccccc2)c1)NCC1(CCOC)CCC1.I. The zero-order valence-corrected chi connectivity index (χ0v) is 21.1. The number of ether oxygens (including phenoxy) is 2. The van der Waals surface area contributed by atoms with Crippen LogP contribution < -0.4 is 10.6 Å². The summed E-state index contributed by atoms with van der Waals surface area (Å²) >= 11 is 0. The Balaban J connectivity index is 0.00000341. The second-order valence-corrected chi connectivity index (χ2v) is 8.17. The molecule has 0 bridgehead atoms. The predicted octanol–water partition coefficient (Wildman–Crippen LogP) is 4.89.